The summed E-state index contributed by atoms with van der Waals surface area (Å²) in [7, 11) is 4.99. The van der Waals surface area contributed by atoms with Gasteiger partial charge in [0.15, 0.2) is 0 Å². The van der Waals surface area contributed by atoms with Gasteiger partial charge in [-0.25, -0.2) is 0 Å². The van der Waals surface area contributed by atoms with Crippen LogP contribution in [0.2, 0.25) is 0 Å². The van der Waals surface area contributed by atoms with E-state index in [2.05, 4.69) is 11.0 Å². The van der Waals surface area contributed by atoms with E-state index >= 15 is 0 Å². The fourth-order valence-electron chi connectivity index (χ4n) is 2.91. The number of ether oxygens (including phenoxy) is 4. The molecule has 0 aliphatic carbocycles. The van der Waals surface area contributed by atoms with E-state index in [1.165, 1.54) is 0 Å². The summed E-state index contributed by atoms with van der Waals surface area (Å²) in [5.41, 5.74) is 1.14. The molecule has 0 saturated heterocycles. The molecule has 2 aromatic rings. The summed E-state index contributed by atoms with van der Waals surface area (Å²) >= 11 is 0. The summed E-state index contributed by atoms with van der Waals surface area (Å²) in [4.78, 5) is 2.20. The van der Waals surface area contributed by atoms with Crippen LogP contribution < -0.4 is 14.2 Å². The van der Waals surface area contributed by atoms with Crippen molar-refractivity contribution in [1.82, 2.24) is 4.90 Å². The molecule has 0 heterocycles. The summed E-state index contributed by atoms with van der Waals surface area (Å²) < 4.78 is 21.3. The second-order valence-corrected chi connectivity index (χ2v) is 6.57. The van der Waals surface area contributed by atoms with Crippen molar-refractivity contribution in [2.24, 2.45) is 0 Å². The third-order valence-corrected chi connectivity index (χ3v) is 4.33. The summed E-state index contributed by atoms with van der Waals surface area (Å²) in [6, 6.07) is 15.3. The Morgan fingerprint density at radius 1 is 0.929 bits per heavy atom. The Balaban J connectivity index is 1.89. The van der Waals surface area contributed by atoms with E-state index in [0.29, 0.717) is 18.9 Å². The Hall–Kier alpha value is -2.28. The number of aliphatic hydroxyl groups is 1. The third-order valence-electron chi connectivity index (χ3n) is 4.33. The van der Waals surface area contributed by atoms with E-state index in [-0.39, 0.29) is 6.61 Å². The molecule has 0 spiro atoms. The highest BCUT2D eigenvalue weighted by Gasteiger charge is 2.14. The van der Waals surface area contributed by atoms with Gasteiger partial charge in [0, 0.05) is 33.4 Å². The molecule has 2 aromatic carbocycles. The van der Waals surface area contributed by atoms with Crippen molar-refractivity contribution in [2.75, 3.05) is 47.6 Å². The number of benzene rings is 2. The van der Waals surface area contributed by atoms with Crippen LogP contribution in [0.5, 0.6) is 17.2 Å². The van der Waals surface area contributed by atoms with Crippen LogP contribution in [0.1, 0.15) is 12.0 Å². The van der Waals surface area contributed by atoms with Crippen molar-refractivity contribution in [2.45, 2.75) is 19.1 Å². The first kappa shape index (κ1) is 22.0. The molecular formula is C22H31NO5. The van der Waals surface area contributed by atoms with Crippen LogP contribution in [0, 0.1) is 0 Å². The highest BCUT2D eigenvalue weighted by molar-refractivity contribution is 5.31. The van der Waals surface area contributed by atoms with Gasteiger partial charge < -0.3 is 24.1 Å². The van der Waals surface area contributed by atoms with Crippen LogP contribution in [0.15, 0.2) is 48.5 Å². The van der Waals surface area contributed by atoms with E-state index in [1.807, 2.05) is 42.5 Å². The zero-order valence-electron chi connectivity index (χ0n) is 17.0. The molecule has 0 saturated carbocycles. The Labute approximate surface area is 167 Å². The molecular weight excluding hydrogens is 358 g/mol. The third kappa shape index (κ3) is 7.76. The lowest BCUT2D eigenvalue weighted by Gasteiger charge is -2.25. The van der Waals surface area contributed by atoms with Gasteiger partial charge in [-0.3, -0.25) is 4.90 Å². The Bertz CT molecular complexity index is 677. The minimum Gasteiger partial charge on any atom is -0.497 e. The van der Waals surface area contributed by atoms with E-state index < -0.39 is 6.10 Å². The fourth-order valence-corrected chi connectivity index (χ4v) is 2.91. The van der Waals surface area contributed by atoms with E-state index in [1.54, 1.807) is 21.3 Å². The molecule has 0 radical (unpaired) electrons. The first-order valence-corrected chi connectivity index (χ1v) is 9.43. The van der Waals surface area contributed by atoms with E-state index in [4.69, 9.17) is 18.9 Å². The van der Waals surface area contributed by atoms with Gasteiger partial charge in [0.25, 0.3) is 0 Å². The molecule has 1 N–H and O–H groups in total. The zero-order chi connectivity index (χ0) is 20.2. The maximum Gasteiger partial charge on any atom is 0.119 e. The van der Waals surface area contributed by atoms with Crippen molar-refractivity contribution in [3.8, 4) is 17.2 Å². The Morgan fingerprint density at radius 2 is 1.64 bits per heavy atom. The molecule has 2 rings (SSSR count). The van der Waals surface area contributed by atoms with Gasteiger partial charge in [0.1, 0.15) is 30.0 Å². The predicted molar refractivity (Wildman–Crippen MR) is 109 cm³/mol. The van der Waals surface area contributed by atoms with Gasteiger partial charge in [-0.05, 0) is 48.4 Å². The van der Waals surface area contributed by atoms with Crippen LogP contribution in [0.25, 0.3) is 0 Å². The Morgan fingerprint density at radius 3 is 2.32 bits per heavy atom. The van der Waals surface area contributed by atoms with Crippen LogP contribution in [-0.4, -0.2) is 63.7 Å². The second-order valence-electron chi connectivity index (χ2n) is 6.57. The van der Waals surface area contributed by atoms with Gasteiger partial charge in [0.2, 0.25) is 0 Å². The molecule has 0 aromatic heterocycles. The summed E-state index contributed by atoms with van der Waals surface area (Å²) in [6.45, 7) is 2.97. The van der Waals surface area contributed by atoms with Gasteiger partial charge in [0.05, 0.1) is 14.2 Å². The van der Waals surface area contributed by atoms with Crippen molar-refractivity contribution in [1.29, 1.82) is 0 Å². The first-order chi connectivity index (χ1) is 13.6. The van der Waals surface area contributed by atoms with E-state index in [0.717, 1.165) is 36.6 Å². The van der Waals surface area contributed by atoms with Gasteiger partial charge in [-0.15, -0.1) is 0 Å². The van der Waals surface area contributed by atoms with Gasteiger partial charge in [-0.2, -0.15) is 0 Å². The first-order valence-electron chi connectivity index (χ1n) is 9.43. The van der Waals surface area contributed by atoms with Crippen molar-refractivity contribution < 1.29 is 24.1 Å². The molecule has 28 heavy (non-hydrogen) atoms. The average molecular weight is 389 g/mol. The van der Waals surface area contributed by atoms with Gasteiger partial charge >= 0.3 is 0 Å². The quantitative estimate of drug-likeness (QED) is 0.532. The SMILES string of the molecule is COCCCN(Cc1cccc(OC)c1)C[C@@H](O)COc1ccc(OC)cc1. The molecule has 0 bridgehead atoms. The van der Waals surface area contributed by atoms with Gasteiger partial charge in [-0.1, -0.05) is 12.1 Å². The van der Waals surface area contributed by atoms with Crippen LogP contribution in [0.3, 0.4) is 0 Å². The smallest absolute Gasteiger partial charge is 0.119 e. The predicted octanol–water partition coefficient (Wildman–Crippen LogP) is 2.98. The highest BCUT2D eigenvalue weighted by Crippen LogP contribution is 2.18. The molecule has 6 heteroatoms. The zero-order valence-corrected chi connectivity index (χ0v) is 17.0. The fraction of sp³-hybridized carbons (Fsp3) is 0.455. The number of hydrogen-bond acceptors (Lipinski definition) is 6. The normalized spacial score (nSPS) is 12.0. The summed E-state index contributed by atoms with van der Waals surface area (Å²) in [6.07, 6.45) is 0.294. The minimum absolute atomic E-state index is 0.227. The maximum atomic E-state index is 10.5. The van der Waals surface area contributed by atoms with Crippen molar-refractivity contribution in [3.05, 3.63) is 54.1 Å². The van der Waals surface area contributed by atoms with E-state index in [9.17, 15) is 5.11 Å². The highest BCUT2D eigenvalue weighted by atomic mass is 16.5. The average Bonchev–Trinajstić information content (AvgIpc) is 2.73. The molecule has 6 nitrogen and oxygen atoms in total. The largest absolute Gasteiger partial charge is 0.497 e. The number of hydrogen-bond donors (Lipinski definition) is 1. The molecule has 0 aliphatic heterocycles. The summed E-state index contributed by atoms with van der Waals surface area (Å²) in [5, 5.41) is 10.5. The maximum absolute atomic E-state index is 10.5. The lowest BCUT2D eigenvalue weighted by atomic mass is 10.2. The topological polar surface area (TPSA) is 60.4 Å². The van der Waals surface area contributed by atoms with Crippen LogP contribution in [-0.2, 0) is 11.3 Å². The lowest BCUT2D eigenvalue weighted by molar-refractivity contribution is 0.0617. The number of nitrogens with zero attached hydrogens (tertiary/aromatic N) is 1. The number of methoxy groups -OCH3 is 3. The monoisotopic (exact) mass is 389 g/mol. The molecule has 0 fully saturated rings. The standard InChI is InChI=1S/C22H31NO5/c1-25-13-5-12-23(15-18-6-4-7-22(14-18)27-3)16-19(24)17-28-21-10-8-20(26-2)9-11-21/h4,6-11,14,19,24H,5,12-13,15-17H2,1-3H3/t19-/m1/s1. The number of aliphatic hydroxyl groups excluding tert-OH is 1. The van der Waals surface area contributed by atoms with Crippen LogP contribution >= 0.6 is 0 Å². The molecule has 0 unspecified atom stereocenters. The van der Waals surface area contributed by atoms with Crippen molar-refractivity contribution in [3.63, 3.8) is 0 Å². The second kappa shape index (κ2) is 12.2. The number of rotatable bonds is 13. The minimum atomic E-state index is -0.602. The van der Waals surface area contributed by atoms with Crippen molar-refractivity contribution >= 4 is 0 Å². The molecule has 1 atom stereocenters. The molecule has 154 valence electrons. The lowest BCUT2D eigenvalue weighted by Crippen LogP contribution is -2.36. The van der Waals surface area contributed by atoms with Crippen LogP contribution in [0.4, 0.5) is 0 Å². The molecule has 0 aliphatic rings. The molecule has 0 amide bonds. The summed E-state index contributed by atoms with van der Waals surface area (Å²) in [5.74, 6) is 2.31. The Kier molecular flexibility index (Phi) is 9.62.